The highest BCUT2D eigenvalue weighted by Gasteiger charge is 2.45. The lowest BCUT2D eigenvalue weighted by molar-refractivity contribution is -0.155. The summed E-state index contributed by atoms with van der Waals surface area (Å²) in [7, 11) is 2.44. The Morgan fingerprint density at radius 1 is 1.29 bits per heavy atom. The van der Waals surface area contributed by atoms with E-state index in [-0.39, 0.29) is 11.6 Å². The van der Waals surface area contributed by atoms with Crippen LogP contribution in [0.5, 0.6) is 0 Å². The van der Waals surface area contributed by atoms with Crippen LogP contribution in [0.15, 0.2) is 0 Å². The van der Waals surface area contributed by atoms with Gasteiger partial charge in [0, 0.05) is 5.75 Å². The molecule has 17 heavy (non-hydrogen) atoms. The minimum Gasteiger partial charge on any atom is -0.467 e. The van der Waals surface area contributed by atoms with Crippen molar-refractivity contribution in [2.75, 3.05) is 25.9 Å². The van der Waals surface area contributed by atoms with Gasteiger partial charge in [-0.1, -0.05) is 0 Å². The van der Waals surface area contributed by atoms with Crippen molar-refractivity contribution in [2.45, 2.75) is 11.4 Å². The Morgan fingerprint density at radius 3 is 2.35 bits per heavy atom. The molecule has 1 rings (SSSR count). The van der Waals surface area contributed by atoms with Crippen LogP contribution in [-0.2, 0) is 23.9 Å². The molecule has 0 unspecified atom stereocenters. The van der Waals surface area contributed by atoms with Crippen LogP contribution < -0.4 is 0 Å². The van der Waals surface area contributed by atoms with E-state index >= 15 is 0 Å². The quantitative estimate of drug-likeness (QED) is 0.529. The molecule has 0 spiro atoms. The van der Waals surface area contributed by atoms with E-state index in [0.29, 0.717) is 0 Å². The third kappa shape index (κ3) is 2.84. The largest absolute Gasteiger partial charge is 0.467 e. The molecule has 0 N–H and O–H groups in total. The van der Waals surface area contributed by atoms with E-state index in [1.165, 1.54) is 14.2 Å². The number of ether oxygens (including phenoxy) is 2. The van der Waals surface area contributed by atoms with E-state index in [1.54, 1.807) is 0 Å². The summed E-state index contributed by atoms with van der Waals surface area (Å²) >= 11 is 6.60. The lowest BCUT2D eigenvalue weighted by atomic mass is 10.2. The first kappa shape index (κ1) is 14.1. The zero-order valence-electron chi connectivity index (χ0n) is 9.34. The van der Waals surface area contributed by atoms with Crippen molar-refractivity contribution in [3.63, 3.8) is 0 Å². The number of halogens is 1. The van der Waals surface area contributed by atoms with Crippen LogP contribution in [0.1, 0.15) is 0 Å². The second-order valence-corrected chi connectivity index (χ2v) is 4.56. The molecule has 0 aromatic rings. The fourth-order valence-electron chi connectivity index (χ4n) is 1.48. The minimum atomic E-state index is -0.838. The molecule has 0 saturated carbocycles. The SMILES string of the molecule is COC(=O)[C@H]1CS[C@@H](C(=O)OC)N1C(=O)CCl. The van der Waals surface area contributed by atoms with Crippen molar-refractivity contribution in [3.05, 3.63) is 0 Å². The summed E-state index contributed by atoms with van der Waals surface area (Å²) in [5, 5.41) is -0.838. The van der Waals surface area contributed by atoms with Crippen molar-refractivity contribution in [1.29, 1.82) is 0 Å². The van der Waals surface area contributed by atoms with E-state index in [0.717, 1.165) is 16.7 Å². The number of methoxy groups -OCH3 is 2. The molecule has 96 valence electrons. The van der Waals surface area contributed by atoms with Crippen LogP contribution in [0, 0.1) is 0 Å². The smallest absolute Gasteiger partial charge is 0.339 e. The van der Waals surface area contributed by atoms with E-state index in [2.05, 4.69) is 9.47 Å². The number of alkyl halides is 1. The number of thioether (sulfide) groups is 1. The van der Waals surface area contributed by atoms with Gasteiger partial charge in [0.05, 0.1) is 14.2 Å². The van der Waals surface area contributed by atoms with Crippen LogP contribution in [-0.4, -0.2) is 60.0 Å². The Balaban J connectivity index is 2.93. The molecule has 0 radical (unpaired) electrons. The van der Waals surface area contributed by atoms with Gasteiger partial charge in [-0.25, -0.2) is 9.59 Å². The van der Waals surface area contributed by atoms with Crippen molar-refractivity contribution in [3.8, 4) is 0 Å². The minimum absolute atomic E-state index is 0.287. The summed E-state index contributed by atoms with van der Waals surface area (Å²) in [5.41, 5.74) is 0. The molecule has 6 nitrogen and oxygen atoms in total. The first-order valence-electron chi connectivity index (χ1n) is 4.71. The molecule has 1 fully saturated rings. The first-order chi connectivity index (χ1) is 8.06. The van der Waals surface area contributed by atoms with E-state index in [1.807, 2.05) is 0 Å². The highest BCUT2D eigenvalue weighted by atomic mass is 35.5. The summed E-state index contributed by atoms with van der Waals surface area (Å²) in [6, 6.07) is -0.791. The fourth-order valence-corrected chi connectivity index (χ4v) is 2.94. The van der Waals surface area contributed by atoms with Crippen LogP contribution >= 0.6 is 23.4 Å². The van der Waals surface area contributed by atoms with E-state index in [4.69, 9.17) is 11.6 Å². The molecule has 1 amide bonds. The average Bonchev–Trinajstić information content (AvgIpc) is 2.80. The average molecular weight is 282 g/mol. The van der Waals surface area contributed by atoms with Crippen molar-refractivity contribution >= 4 is 41.2 Å². The predicted octanol–water partition coefficient (Wildman–Crippen LogP) is -0.159. The van der Waals surface area contributed by atoms with Gasteiger partial charge in [-0.15, -0.1) is 23.4 Å². The summed E-state index contributed by atoms with van der Waals surface area (Å²) in [6.45, 7) is 0. The van der Waals surface area contributed by atoms with Crippen LogP contribution in [0.25, 0.3) is 0 Å². The Hall–Kier alpha value is -0.950. The number of hydrogen-bond acceptors (Lipinski definition) is 6. The van der Waals surface area contributed by atoms with Gasteiger partial charge in [0.1, 0.15) is 11.9 Å². The fraction of sp³-hybridized carbons (Fsp3) is 0.667. The number of amides is 1. The Kier molecular flexibility index (Phi) is 5.07. The molecular weight excluding hydrogens is 270 g/mol. The summed E-state index contributed by atoms with van der Waals surface area (Å²) in [6.07, 6.45) is 0. The third-order valence-corrected chi connectivity index (χ3v) is 3.75. The Labute approximate surface area is 108 Å². The lowest BCUT2D eigenvalue weighted by Gasteiger charge is -2.25. The van der Waals surface area contributed by atoms with Gasteiger partial charge in [0.15, 0.2) is 5.37 Å². The second-order valence-electron chi connectivity index (χ2n) is 3.18. The maximum atomic E-state index is 11.6. The molecule has 0 aromatic heterocycles. The molecule has 2 atom stereocenters. The standard InChI is InChI=1S/C9H12ClNO5S/c1-15-8(13)5-4-17-7(9(14)16-2)11(5)6(12)3-10/h5,7H,3-4H2,1-2H3/t5-,7+/m1/s1. The first-order valence-corrected chi connectivity index (χ1v) is 6.29. The molecule has 0 bridgehead atoms. The van der Waals surface area contributed by atoms with Gasteiger partial charge in [-0.05, 0) is 0 Å². The highest BCUT2D eigenvalue weighted by molar-refractivity contribution is 8.00. The van der Waals surface area contributed by atoms with E-state index in [9.17, 15) is 14.4 Å². The molecule has 0 aromatic carbocycles. The molecule has 8 heteroatoms. The Morgan fingerprint density at radius 2 is 1.88 bits per heavy atom. The van der Waals surface area contributed by atoms with E-state index < -0.39 is 29.3 Å². The van der Waals surface area contributed by atoms with Gasteiger partial charge in [-0.2, -0.15) is 0 Å². The maximum Gasteiger partial charge on any atom is 0.339 e. The van der Waals surface area contributed by atoms with Crippen LogP contribution in [0.2, 0.25) is 0 Å². The molecule has 1 aliphatic rings. The van der Waals surface area contributed by atoms with Crippen molar-refractivity contribution < 1.29 is 23.9 Å². The molecule has 1 saturated heterocycles. The van der Waals surface area contributed by atoms with Crippen LogP contribution in [0.3, 0.4) is 0 Å². The van der Waals surface area contributed by atoms with Gasteiger partial charge in [-0.3, -0.25) is 4.79 Å². The molecule has 0 aliphatic carbocycles. The second kappa shape index (κ2) is 6.11. The van der Waals surface area contributed by atoms with Gasteiger partial charge in [0.2, 0.25) is 5.91 Å². The number of esters is 2. The van der Waals surface area contributed by atoms with Crippen molar-refractivity contribution in [2.24, 2.45) is 0 Å². The Bertz CT molecular complexity index is 313. The number of carbonyl (C=O) groups excluding carboxylic acids is 3. The zero-order valence-corrected chi connectivity index (χ0v) is 10.9. The normalized spacial score (nSPS) is 23.4. The number of carbonyl (C=O) groups is 3. The zero-order chi connectivity index (χ0) is 13.0. The van der Waals surface area contributed by atoms with Crippen molar-refractivity contribution in [1.82, 2.24) is 4.90 Å². The third-order valence-electron chi connectivity index (χ3n) is 2.28. The lowest BCUT2D eigenvalue weighted by Crippen LogP contribution is -2.49. The summed E-state index contributed by atoms with van der Waals surface area (Å²) in [4.78, 5) is 35.7. The number of hydrogen-bond donors (Lipinski definition) is 0. The number of nitrogens with zero attached hydrogens (tertiary/aromatic N) is 1. The molecule has 1 aliphatic heterocycles. The van der Waals surface area contributed by atoms with Gasteiger partial charge in [0.25, 0.3) is 0 Å². The highest BCUT2D eigenvalue weighted by Crippen LogP contribution is 2.30. The molecular formula is C9H12ClNO5S. The topological polar surface area (TPSA) is 72.9 Å². The predicted molar refractivity (Wildman–Crippen MR) is 61.6 cm³/mol. The number of rotatable bonds is 3. The van der Waals surface area contributed by atoms with Gasteiger partial charge < -0.3 is 14.4 Å². The van der Waals surface area contributed by atoms with Gasteiger partial charge >= 0.3 is 11.9 Å². The summed E-state index contributed by atoms with van der Waals surface area (Å²) in [5.74, 6) is -1.67. The molecule has 1 heterocycles. The monoisotopic (exact) mass is 281 g/mol. The summed E-state index contributed by atoms with van der Waals surface area (Å²) < 4.78 is 9.15. The van der Waals surface area contributed by atoms with Crippen LogP contribution in [0.4, 0.5) is 0 Å². The maximum absolute atomic E-state index is 11.6.